The minimum atomic E-state index is 0.658. The van der Waals surface area contributed by atoms with Gasteiger partial charge in [-0.2, -0.15) is 0 Å². The number of piperazine rings is 1. The zero-order chi connectivity index (χ0) is 11.7. The molecule has 2 nitrogen and oxygen atoms in total. The minimum Gasteiger partial charge on any atom is -0.311 e. The molecule has 1 saturated carbocycles. The van der Waals surface area contributed by atoms with Gasteiger partial charge in [-0.05, 0) is 31.2 Å². The molecule has 2 heteroatoms. The number of nitrogens with zero attached hydrogens (tertiary/aromatic N) is 1. The first-order chi connectivity index (χ1) is 8.33. The molecule has 17 heavy (non-hydrogen) atoms. The lowest BCUT2D eigenvalue weighted by atomic mass is 10.1. The van der Waals surface area contributed by atoms with Crippen LogP contribution in [0.15, 0.2) is 30.3 Å². The molecule has 1 aliphatic heterocycles. The molecule has 1 aromatic carbocycles. The highest BCUT2D eigenvalue weighted by molar-refractivity contribution is 5.15. The number of rotatable bonds is 3. The van der Waals surface area contributed by atoms with Gasteiger partial charge in [0.2, 0.25) is 0 Å². The van der Waals surface area contributed by atoms with E-state index < -0.39 is 0 Å². The maximum absolute atomic E-state index is 3.70. The average Bonchev–Trinajstić information content (AvgIpc) is 3.17. The summed E-state index contributed by atoms with van der Waals surface area (Å²) >= 11 is 0. The third-order valence-electron chi connectivity index (χ3n) is 4.15. The van der Waals surface area contributed by atoms with Gasteiger partial charge < -0.3 is 5.32 Å². The lowest BCUT2D eigenvalue weighted by molar-refractivity contribution is 0.125. The molecule has 1 saturated heterocycles. The van der Waals surface area contributed by atoms with E-state index in [0.717, 1.165) is 25.0 Å². The fourth-order valence-corrected chi connectivity index (χ4v) is 2.80. The topological polar surface area (TPSA) is 15.3 Å². The van der Waals surface area contributed by atoms with Crippen molar-refractivity contribution in [3.05, 3.63) is 35.9 Å². The van der Waals surface area contributed by atoms with Crippen LogP contribution in [-0.2, 0) is 6.54 Å². The largest absolute Gasteiger partial charge is 0.311 e. The van der Waals surface area contributed by atoms with Crippen molar-refractivity contribution in [1.29, 1.82) is 0 Å². The van der Waals surface area contributed by atoms with Crippen LogP contribution >= 0.6 is 0 Å². The SMILES string of the molecule is CC1CNC(C2CC2)CN1Cc1ccccc1. The molecule has 1 heterocycles. The first-order valence-electron chi connectivity index (χ1n) is 6.84. The molecule has 0 radical (unpaired) electrons. The minimum absolute atomic E-state index is 0.658. The zero-order valence-corrected chi connectivity index (χ0v) is 10.6. The number of benzene rings is 1. The van der Waals surface area contributed by atoms with Crippen molar-refractivity contribution in [3.8, 4) is 0 Å². The smallest absolute Gasteiger partial charge is 0.0237 e. The van der Waals surface area contributed by atoms with Gasteiger partial charge >= 0.3 is 0 Å². The van der Waals surface area contributed by atoms with E-state index >= 15 is 0 Å². The second-order valence-corrected chi connectivity index (χ2v) is 5.62. The van der Waals surface area contributed by atoms with E-state index in [-0.39, 0.29) is 0 Å². The van der Waals surface area contributed by atoms with Gasteiger partial charge in [0.25, 0.3) is 0 Å². The van der Waals surface area contributed by atoms with Gasteiger partial charge in [-0.25, -0.2) is 0 Å². The van der Waals surface area contributed by atoms with E-state index in [1.807, 2.05) is 0 Å². The molecule has 1 aliphatic carbocycles. The van der Waals surface area contributed by atoms with Crippen LogP contribution in [0, 0.1) is 5.92 Å². The van der Waals surface area contributed by atoms with Crippen LogP contribution in [-0.4, -0.2) is 30.1 Å². The Morgan fingerprint density at radius 3 is 2.71 bits per heavy atom. The Morgan fingerprint density at radius 1 is 1.24 bits per heavy atom. The molecule has 2 fully saturated rings. The normalized spacial score (nSPS) is 30.4. The van der Waals surface area contributed by atoms with Gasteiger partial charge in [0, 0.05) is 31.7 Å². The predicted octanol–water partition coefficient (Wildman–Crippen LogP) is 2.26. The molecule has 0 aromatic heterocycles. The van der Waals surface area contributed by atoms with E-state index in [2.05, 4.69) is 47.5 Å². The van der Waals surface area contributed by atoms with Crippen molar-refractivity contribution in [2.75, 3.05) is 13.1 Å². The van der Waals surface area contributed by atoms with E-state index in [0.29, 0.717) is 6.04 Å². The number of hydrogen-bond donors (Lipinski definition) is 1. The van der Waals surface area contributed by atoms with Crippen molar-refractivity contribution in [1.82, 2.24) is 10.2 Å². The summed E-state index contributed by atoms with van der Waals surface area (Å²) in [6.07, 6.45) is 2.87. The van der Waals surface area contributed by atoms with Crippen molar-refractivity contribution in [2.45, 2.75) is 38.4 Å². The van der Waals surface area contributed by atoms with Crippen LogP contribution in [0.2, 0.25) is 0 Å². The lowest BCUT2D eigenvalue weighted by Gasteiger charge is -2.39. The molecule has 2 unspecified atom stereocenters. The Kier molecular flexibility index (Phi) is 3.17. The molecule has 2 aliphatic rings. The molecule has 1 N–H and O–H groups in total. The summed E-state index contributed by atoms with van der Waals surface area (Å²) in [5, 5.41) is 3.70. The fraction of sp³-hybridized carbons (Fsp3) is 0.600. The molecular formula is C15H22N2. The van der Waals surface area contributed by atoms with Gasteiger partial charge in [0.05, 0.1) is 0 Å². The molecule has 0 spiro atoms. The summed E-state index contributed by atoms with van der Waals surface area (Å²) in [6, 6.07) is 12.3. The van der Waals surface area contributed by atoms with E-state index in [9.17, 15) is 0 Å². The van der Waals surface area contributed by atoms with Crippen LogP contribution in [0.25, 0.3) is 0 Å². The monoisotopic (exact) mass is 230 g/mol. The summed E-state index contributed by atoms with van der Waals surface area (Å²) in [5.41, 5.74) is 1.44. The molecule has 92 valence electrons. The molecular weight excluding hydrogens is 208 g/mol. The molecule has 1 aromatic rings. The Morgan fingerprint density at radius 2 is 2.00 bits per heavy atom. The second kappa shape index (κ2) is 4.79. The standard InChI is InChI=1S/C15H22N2/c1-12-9-16-15(14-7-8-14)11-17(12)10-13-5-3-2-4-6-13/h2-6,12,14-16H,7-11H2,1H3. The Labute approximate surface area is 104 Å². The maximum Gasteiger partial charge on any atom is 0.0237 e. The summed E-state index contributed by atoms with van der Waals surface area (Å²) in [5.74, 6) is 0.959. The number of hydrogen-bond acceptors (Lipinski definition) is 2. The van der Waals surface area contributed by atoms with Crippen LogP contribution in [0.4, 0.5) is 0 Å². The summed E-state index contributed by atoms with van der Waals surface area (Å²) in [4.78, 5) is 2.63. The van der Waals surface area contributed by atoms with Crippen LogP contribution in [0.1, 0.15) is 25.3 Å². The van der Waals surface area contributed by atoms with Crippen molar-refractivity contribution >= 4 is 0 Å². The highest BCUT2D eigenvalue weighted by Crippen LogP contribution is 2.34. The molecule has 0 bridgehead atoms. The van der Waals surface area contributed by atoms with Crippen molar-refractivity contribution in [3.63, 3.8) is 0 Å². The predicted molar refractivity (Wildman–Crippen MR) is 70.8 cm³/mol. The number of nitrogens with one attached hydrogen (secondary N) is 1. The average molecular weight is 230 g/mol. The Balaban J connectivity index is 1.64. The quantitative estimate of drug-likeness (QED) is 0.857. The van der Waals surface area contributed by atoms with Gasteiger partial charge in [-0.3, -0.25) is 4.90 Å². The van der Waals surface area contributed by atoms with Crippen molar-refractivity contribution < 1.29 is 0 Å². The van der Waals surface area contributed by atoms with Crippen LogP contribution in [0.3, 0.4) is 0 Å². The van der Waals surface area contributed by atoms with Crippen LogP contribution in [0.5, 0.6) is 0 Å². The maximum atomic E-state index is 3.70. The molecule has 3 rings (SSSR count). The Bertz CT molecular complexity index is 358. The van der Waals surface area contributed by atoms with E-state index in [1.54, 1.807) is 0 Å². The van der Waals surface area contributed by atoms with Gasteiger partial charge in [-0.15, -0.1) is 0 Å². The highest BCUT2D eigenvalue weighted by Gasteiger charge is 2.35. The molecule has 0 amide bonds. The van der Waals surface area contributed by atoms with Gasteiger partial charge in [0.15, 0.2) is 0 Å². The van der Waals surface area contributed by atoms with Crippen molar-refractivity contribution in [2.24, 2.45) is 5.92 Å². The second-order valence-electron chi connectivity index (χ2n) is 5.62. The highest BCUT2D eigenvalue weighted by atomic mass is 15.2. The Hall–Kier alpha value is -0.860. The fourth-order valence-electron chi connectivity index (χ4n) is 2.80. The van der Waals surface area contributed by atoms with Gasteiger partial charge in [-0.1, -0.05) is 30.3 Å². The van der Waals surface area contributed by atoms with E-state index in [4.69, 9.17) is 0 Å². The molecule has 2 atom stereocenters. The third kappa shape index (κ3) is 2.70. The van der Waals surface area contributed by atoms with Gasteiger partial charge in [0.1, 0.15) is 0 Å². The zero-order valence-electron chi connectivity index (χ0n) is 10.6. The lowest BCUT2D eigenvalue weighted by Crippen LogP contribution is -2.55. The summed E-state index contributed by atoms with van der Waals surface area (Å²) in [6.45, 7) is 5.81. The van der Waals surface area contributed by atoms with Crippen LogP contribution < -0.4 is 5.32 Å². The summed E-state index contributed by atoms with van der Waals surface area (Å²) in [7, 11) is 0. The van der Waals surface area contributed by atoms with E-state index in [1.165, 1.54) is 24.9 Å². The first kappa shape index (κ1) is 11.2. The summed E-state index contributed by atoms with van der Waals surface area (Å²) < 4.78 is 0. The third-order valence-corrected chi connectivity index (χ3v) is 4.15. The first-order valence-corrected chi connectivity index (χ1v) is 6.84.